The lowest BCUT2D eigenvalue weighted by Crippen LogP contribution is -2.09. The summed E-state index contributed by atoms with van der Waals surface area (Å²) in [5.41, 5.74) is 13.7. The fourth-order valence-corrected chi connectivity index (χ4v) is 9.03. The molecule has 1 atom stereocenters. The van der Waals surface area contributed by atoms with Gasteiger partial charge in [0.2, 0.25) is 0 Å². The van der Waals surface area contributed by atoms with Crippen LogP contribution in [0.3, 0.4) is 0 Å². The lowest BCUT2D eigenvalue weighted by Gasteiger charge is -2.22. The van der Waals surface area contributed by atoms with E-state index < -0.39 is 19.1 Å². The molecule has 0 heterocycles. The minimum atomic E-state index is -1.85. The molecule has 7 rings (SSSR count). The van der Waals surface area contributed by atoms with Crippen molar-refractivity contribution in [2.75, 3.05) is 0 Å². The van der Waals surface area contributed by atoms with Gasteiger partial charge in [-0.15, -0.1) is 0 Å². The zero-order valence-corrected chi connectivity index (χ0v) is 40.4. The van der Waals surface area contributed by atoms with Crippen molar-refractivity contribution in [1.29, 1.82) is 0 Å². The molecule has 0 radical (unpaired) electrons. The Labute approximate surface area is 365 Å². The summed E-state index contributed by atoms with van der Waals surface area (Å²) < 4.78 is 46.6. The van der Waals surface area contributed by atoms with Crippen LogP contribution in [0.4, 0.5) is 0 Å². The van der Waals surface area contributed by atoms with Crippen LogP contribution in [0.15, 0.2) is 115 Å². The lowest BCUT2D eigenvalue weighted by molar-refractivity contribution is 0.489. The van der Waals surface area contributed by atoms with Crippen LogP contribution in [0.2, 0.25) is 0 Å². The number of allylic oxidation sites excluding steroid dienone is 20. The van der Waals surface area contributed by atoms with E-state index in [9.17, 15) is 0 Å². The van der Waals surface area contributed by atoms with Crippen LogP contribution in [0, 0.1) is 38.9 Å². The van der Waals surface area contributed by atoms with E-state index in [1.807, 2.05) is 12.2 Å². The van der Waals surface area contributed by atoms with Crippen molar-refractivity contribution in [3.63, 3.8) is 0 Å². The molecule has 0 aromatic heterocycles. The van der Waals surface area contributed by atoms with E-state index >= 15 is 0 Å². The predicted octanol–water partition coefficient (Wildman–Crippen LogP) is 18.4. The van der Waals surface area contributed by atoms with Crippen LogP contribution >= 0.6 is 15.9 Å². The summed E-state index contributed by atoms with van der Waals surface area (Å²) in [5.74, 6) is -0.0409. The van der Waals surface area contributed by atoms with Crippen LogP contribution in [0.25, 0.3) is 0 Å². The Kier molecular flexibility index (Phi) is 13.9. The average Bonchev–Trinajstić information content (AvgIpc) is 3.64. The summed E-state index contributed by atoms with van der Waals surface area (Å²) in [5, 5.41) is 0. The van der Waals surface area contributed by atoms with Crippen LogP contribution in [0.1, 0.15) is 196 Å². The second kappa shape index (κ2) is 19.8. The van der Waals surface area contributed by atoms with E-state index in [1.54, 1.807) is 22.3 Å². The van der Waals surface area contributed by atoms with Gasteiger partial charge < -0.3 is 0 Å². The Morgan fingerprint density at radius 2 is 0.875 bits per heavy atom. The summed E-state index contributed by atoms with van der Waals surface area (Å²) >= 11 is 3.53. The highest BCUT2D eigenvalue weighted by Gasteiger charge is 2.33. The highest BCUT2D eigenvalue weighted by atomic mass is 79.9. The molecule has 2 saturated carbocycles. The summed E-state index contributed by atoms with van der Waals surface area (Å²) in [4.78, 5) is 0. The molecule has 56 heavy (non-hydrogen) atoms. The maximum absolute atomic E-state index is 8.17. The van der Waals surface area contributed by atoms with Crippen molar-refractivity contribution in [3.05, 3.63) is 115 Å². The molecule has 0 saturated heterocycles. The molecule has 7 aliphatic rings. The molecule has 312 valence electrons. The second-order valence-electron chi connectivity index (χ2n) is 21.6. The van der Waals surface area contributed by atoms with Crippen molar-refractivity contribution in [3.8, 4) is 0 Å². The molecular weight excluding hydrogens is 741 g/mol. The van der Waals surface area contributed by atoms with E-state index in [0.29, 0.717) is 22.7 Å². The predicted molar refractivity (Wildman–Crippen MR) is 256 cm³/mol. The Balaban J connectivity index is 0.000000208. The van der Waals surface area contributed by atoms with E-state index in [2.05, 4.69) is 175 Å². The molecule has 1 heteroatoms. The molecule has 0 aliphatic heterocycles. The SMILES string of the molecule is CC(C)(C)C1=C(Br)C=CC1.CC(C)(C)C1=C(C2CC2)C=CC1.CCC1=C(C(C)(C)C)CC=C1.[2H]C([2H])([2H])CC1=C(C(C)(C)C)CC=C1.[2H]C1([2H])CC1([2H])C1=C(C(C)(C)C)CC=C1. The van der Waals surface area contributed by atoms with E-state index in [4.69, 9.17) is 8.22 Å². The Bertz CT molecular complexity index is 1920. The third-order valence-corrected chi connectivity index (χ3v) is 12.4. The van der Waals surface area contributed by atoms with Gasteiger partial charge >= 0.3 is 0 Å². The Morgan fingerprint density at radius 3 is 1.20 bits per heavy atom. The standard InChI is InChI=1S/2C12H18.2C11H18.C9H13Br/c2*1-12(2,3)11-6-4-5-10(11)9-7-8-9;2*1-5-9-7-6-8-10(9)11(2,3)4;1-9(2,3)7-5-4-6-8(7)10/h2*4-5,9H,6-8H2,1-3H3;2*6-7H,5,8H2,1-4H3;4,6H,5H2,1-3H3/i7D2,9D;;1D3;;. The summed E-state index contributed by atoms with van der Waals surface area (Å²) in [6.45, 7) is 33.8. The molecule has 2 fully saturated rings. The van der Waals surface area contributed by atoms with Gasteiger partial charge in [-0.05, 0) is 137 Å². The molecule has 0 amide bonds. The first kappa shape index (κ1) is 39.3. The Hall–Kier alpha value is -2.12. The molecular formula is C55H85Br. The molecule has 0 spiro atoms. The lowest BCUT2D eigenvalue weighted by atomic mass is 9.83. The van der Waals surface area contributed by atoms with Crippen molar-refractivity contribution < 1.29 is 8.22 Å². The van der Waals surface area contributed by atoms with Gasteiger partial charge in [0.1, 0.15) is 0 Å². The zero-order valence-electron chi connectivity index (χ0n) is 44.8. The first-order valence-electron chi connectivity index (χ1n) is 24.7. The Morgan fingerprint density at radius 1 is 0.518 bits per heavy atom. The maximum atomic E-state index is 8.17. The van der Waals surface area contributed by atoms with Gasteiger partial charge in [-0.3, -0.25) is 0 Å². The fourth-order valence-electron chi connectivity index (χ4n) is 8.09. The quantitative estimate of drug-likeness (QED) is 0.265. The second-order valence-corrected chi connectivity index (χ2v) is 22.4. The van der Waals surface area contributed by atoms with Crippen LogP contribution in [0.5, 0.6) is 0 Å². The fraction of sp³-hybridized carbons (Fsp3) is 0.636. The third kappa shape index (κ3) is 14.6. The number of halogens is 1. The van der Waals surface area contributed by atoms with Crippen LogP contribution in [-0.2, 0) is 0 Å². The van der Waals surface area contributed by atoms with Gasteiger partial charge in [-0.2, -0.15) is 0 Å². The van der Waals surface area contributed by atoms with E-state index in [1.165, 1.54) is 53.3 Å². The largest absolute Gasteiger partial charge is 0.0802 e. The molecule has 0 nitrogen and oxygen atoms in total. The number of hydrogen-bond acceptors (Lipinski definition) is 0. The summed E-state index contributed by atoms with van der Waals surface area (Å²) in [6, 6.07) is 0. The van der Waals surface area contributed by atoms with Crippen molar-refractivity contribution >= 4 is 15.9 Å². The average molecular weight is 832 g/mol. The van der Waals surface area contributed by atoms with Gasteiger partial charge in [0.05, 0.1) is 0 Å². The topological polar surface area (TPSA) is 0 Å². The van der Waals surface area contributed by atoms with Gasteiger partial charge in [0.25, 0.3) is 0 Å². The molecule has 0 bridgehead atoms. The van der Waals surface area contributed by atoms with Gasteiger partial charge in [0.15, 0.2) is 0 Å². The minimum absolute atomic E-state index is 0.0472. The molecule has 0 aromatic carbocycles. The highest BCUT2D eigenvalue weighted by Crippen LogP contribution is 2.47. The first-order chi connectivity index (χ1) is 28.0. The van der Waals surface area contributed by atoms with Crippen LogP contribution < -0.4 is 0 Å². The van der Waals surface area contributed by atoms with E-state index in [0.717, 1.165) is 36.3 Å². The summed E-state index contributed by atoms with van der Waals surface area (Å²) in [7, 11) is 0. The van der Waals surface area contributed by atoms with Crippen molar-refractivity contribution in [2.45, 2.75) is 188 Å². The summed E-state index contributed by atoms with van der Waals surface area (Å²) in [6.07, 6.45) is 30.2. The smallest absolute Gasteiger partial charge is 0.0352 e. The van der Waals surface area contributed by atoms with Gasteiger partial charge in [-0.1, -0.05) is 217 Å². The minimum Gasteiger partial charge on any atom is -0.0802 e. The number of rotatable bonds is 4. The normalized spacial score (nSPS) is 25.7. The zero-order chi connectivity index (χ0) is 47.5. The first-order valence-corrected chi connectivity index (χ1v) is 22.5. The van der Waals surface area contributed by atoms with Crippen LogP contribution in [-0.4, -0.2) is 0 Å². The molecule has 0 N–H and O–H groups in total. The molecule has 7 aliphatic carbocycles. The van der Waals surface area contributed by atoms with Gasteiger partial charge in [0, 0.05) is 12.7 Å². The van der Waals surface area contributed by atoms with Crippen molar-refractivity contribution in [1.82, 2.24) is 0 Å². The monoisotopic (exact) mass is 831 g/mol. The maximum Gasteiger partial charge on any atom is 0.0352 e. The van der Waals surface area contributed by atoms with Gasteiger partial charge in [-0.25, -0.2) is 0 Å². The molecule has 1 unspecified atom stereocenters. The third-order valence-electron chi connectivity index (χ3n) is 11.6. The van der Waals surface area contributed by atoms with E-state index in [-0.39, 0.29) is 17.3 Å². The number of hydrogen-bond donors (Lipinski definition) is 0. The highest BCUT2D eigenvalue weighted by molar-refractivity contribution is 9.11. The molecule has 0 aromatic rings. The van der Waals surface area contributed by atoms with Crippen molar-refractivity contribution in [2.24, 2.45) is 38.9 Å².